The summed E-state index contributed by atoms with van der Waals surface area (Å²) in [4.78, 5) is 22.3. The van der Waals surface area contributed by atoms with Crippen LogP contribution >= 0.6 is 11.8 Å². The molecule has 1 unspecified atom stereocenters. The number of hydrogen-bond acceptors (Lipinski definition) is 7. The zero-order valence-electron chi connectivity index (χ0n) is 13.2. The summed E-state index contributed by atoms with van der Waals surface area (Å²) in [6.07, 6.45) is 1.22. The van der Waals surface area contributed by atoms with E-state index in [1.54, 1.807) is 25.3 Å². The fourth-order valence-electron chi connectivity index (χ4n) is 1.98. The van der Waals surface area contributed by atoms with Crippen LogP contribution in [0.15, 0.2) is 28.4 Å². The molecule has 1 atom stereocenters. The predicted octanol–water partition coefficient (Wildman–Crippen LogP) is 1.49. The number of methoxy groups -OCH3 is 1. The molecule has 0 saturated carbocycles. The summed E-state index contributed by atoms with van der Waals surface area (Å²) in [6.45, 7) is 2.33. The quantitative estimate of drug-likeness (QED) is 0.569. The normalized spacial score (nSPS) is 18.8. The van der Waals surface area contributed by atoms with E-state index in [0.717, 1.165) is 11.8 Å². The number of nitrogens with zero attached hydrogens (tertiary/aromatic N) is 2. The summed E-state index contributed by atoms with van der Waals surface area (Å²) in [5, 5.41) is 18.7. The molecule has 2 rings (SSSR count). The second-order valence-corrected chi connectivity index (χ2v) is 5.85. The van der Waals surface area contributed by atoms with Crippen molar-refractivity contribution in [3.05, 3.63) is 23.8 Å². The Morgan fingerprint density at radius 2 is 2.29 bits per heavy atom. The van der Waals surface area contributed by atoms with Crippen molar-refractivity contribution < 1.29 is 24.2 Å². The zero-order valence-corrected chi connectivity index (χ0v) is 14.0. The van der Waals surface area contributed by atoms with Gasteiger partial charge in [-0.2, -0.15) is 5.10 Å². The van der Waals surface area contributed by atoms with Gasteiger partial charge in [0.2, 0.25) is 5.91 Å². The van der Waals surface area contributed by atoms with Crippen LogP contribution in [0.4, 0.5) is 0 Å². The van der Waals surface area contributed by atoms with Crippen molar-refractivity contribution in [2.24, 2.45) is 10.2 Å². The number of carboxylic acid groups (broad SMARTS) is 1. The molecule has 128 valence electrons. The maximum atomic E-state index is 11.6. The smallest absolute Gasteiger partial charge is 0.305 e. The van der Waals surface area contributed by atoms with Crippen LogP contribution < -0.4 is 14.8 Å². The van der Waals surface area contributed by atoms with Crippen molar-refractivity contribution in [1.29, 1.82) is 0 Å². The maximum Gasteiger partial charge on any atom is 0.305 e. The average Bonchev–Trinajstić information content (AvgIpc) is 2.88. The number of thioether (sulfide) groups is 1. The van der Waals surface area contributed by atoms with Crippen LogP contribution in [0.1, 0.15) is 18.9 Å². The lowest BCUT2D eigenvalue weighted by molar-refractivity contribution is -0.138. The second-order valence-electron chi connectivity index (χ2n) is 4.65. The van der Waals surface area contributed by atoms with Crippen molar-refractivity contribution in [3.8, 4) is 11.5 Å². The van der Waals surface area contributed by atoms with E-state index in [9.17, 15) is 9.59 Å². The van der Waals surface area contributed by atoms with Crippen molar-refractivity contribution in [2.75, 3.05) is 13.7 Å². The molecule has 1 saturated heterocycles. The van der Waals surface area contributed by atoms with Crippen LogP contribution in [0.3, 0.4) is 0 Å². The molecular formula is C15H17N3O5S. The van der Waals surface area contributed by atoms with Gasteiger partial charge in [0.1, 0.15) is 5.25 Å². The van der Waals surface area contributed by atoms with Gasteiger partial charge in [-0.25, -0.2) is 0 Å². The number of ether oxygens (including phenoxy) is 2. The summed E-state index contributed by atoms with van der Waals surface area (Å²) in [5.41, 5.74) is 0.678. The van der Waals surface area contributed by atoms with Crippen molar-refractivity contribution in [3.63, 3.8) is 0 Å². The largest absolute Gasteiger partial charge is 0.493 e. The summed E-state index contributed by atoms with van der Waals surface area (Å²) >= 11 is 1.04. The van der Waals surface area contributed by atoms with E-state index in [4.69, 9.17) is 14.6 Å². The molecule has 1 aliphatic rings. The first-order valence-electron chi connectivity index (χ1n) is 7.15. The Bertz CT molecular complexity index is 690. The highest BCUT2D eigenvalue weighted by Crippen LogP contribution is 2.30. The third-order valence-corrected chi connectivity index (χ3v) is 4.07. The Morgan fingerprint density at radius 3 is 2.96 bits per heavy atom. The molecule has 24 heavy (non-hydrogen) atoms. The van der Waals surface area contributed by atoms with Crippen molar-refractivity contribution >= 4 is 35.0 Å². The van der Waals surface area contributed by atoms with Gasteiger partial charge in [0, 0.05) is 5.56 Å². The number of rotatable bonds is 7. The lowest BCUT2D eigenvalue weighted by Crippen LogP contribution is -2.26. The van der Waals surface area contributed by atoms with Gasteiger partial charge < -0.3 is 19.9 Å². The van der Waals surface area contributed by atoms with Crippen molar-refractivity contribution in [2.45, 2.75) is 18.6 Å². The van der Waals surface area contributed by atoms with Crippen LogP contribution in [0, 0.1) is 0 Å². The first-order valence-corrected chi connectivity index (χ1v) is 8.03. The number of carboxylic acids is 1. The molecule has 0 bridgehead atoms. The zero-order chi connectivity index (χ0) is 17.5. The van der Waals surface area contributed by atoms with Gasteiger partial charge in [-0.15, -0.1) is 5.10 Å². The fraction of sp³-hybridized carbons (Fsp3) is 0.333. The van der Waals surface area contributed by atoms with Crippen LogP contribution in [-0.2, 0) is 9.59 Å². The highest BCUT2D eigenvalue weighted by atomic mass is 32.2. The average molecular weight is 351 g/mol. The lowest BCUT2D eigenvalue weighted by atomic mass is 10.2. The van der Waals surface area contributed by atoms with E-state index >= 15 is 0 Å². The number of amidine groups is 1. The first-order chi connectivity index (χ1) is 11.5. The van der Waals surface area contributed by atoms with Crippen LogP contribution in [0.2, 0.25) is 0 Å². The molecule has 1 fully saturated rings. The minimum absolute atomic E-state index is 0.260. The predicted molar refractivity (Wildman–Crippen MR) is 91.0 cm³/mol. The molecule has 1 aliphatic heterocycles. The van der Waals surface area contributed by atoms with Crippen LogP contribution in [0.5, 0.6) is 11.5 Å². The van der Waals surface area contributed by atoms with E-state index in [0.29, 0.717) is 23.7 Å². The monoisotopic (exact) mass is 351 g/mol. The number of para-hydroxylation sites is 1. The van der Waals surface area contributed by atoms with E-state index in [2.05, 4.69) is 15.5 Å². The summed E-state index contributed by atoms with van der Waals surface area (Å²) in [7, 11) is 1.55. The van der Waals surface area contributed by atoms with Gasteiger partial charge in [-0.1, -0.05) is 17.8 Å². The Labute approximate surface area is 142 Å². The Hall–Kier alpha value is -2.55. The van der Waals surface area contributed by atoms with Crippen molar-refractivity contribution in [1.82, 2.24) is 5.32 Å². The molecule has 1 aromatic rings. The maximum absolute atomic E-state index is 11.6. The molecule has 1 heterocycles. The van der Waals surface area contributed by atoms with Gasteiger partial charge >= 0.3 is 5.97 Å². The van der Waals surface area contributed by atoms with Gasteiger partial charge in [-0.3, -0.25) is 9.59 Å². The Balaban J connectivity index is 2.12. The molecule has 0 aliphatic carbocycles. The fourth-order valence-corrected chi connectivity index (χ4v) is 2.90. The van der Waals surface area contributed by atoms with Gasteiger partial charge in [0.25, 0.3) is 0 Å². The highest BCUT2D eigenvalue weighted by molar-refractivity contribution is 8.15. The molecule has 1 amide bonds. The van der Waals surface area contributed by atoms with E-state index in [1.165, 1.54) is 6.21 Å². The van der Waals surface area contributed by atoms with Crippen LogP contribution in [0.25, 0.3) is 0 Å². The first kappa shape index (κ1) is 17.8. The SMILES string of the molecule is CCOc1c(C=NN=C2NC(=O)C(CC(=O)O)S2)cccc1OC. The second kappa shape index (κ2) is 8.34. The third-order valence-electron chi connectivity index (χ3n) is 3.00. The topological polar surface area (TPSA) is 110 Å². The number of hydrogen-bond donors (Lipinski definition) is 2. The molecule has 9 heteroatoms. The van der Waals surface area contributed by atoms with E-state index < -0.39 is 11.2 Å². The Morgan fingerprint density at radius 1 is 1.50 bits per heavy atom. The van der Waals surface area contributed by atoms with E-state index in [1.807, 2.05) is 6.92 Å². The molecular weight excluding hydrogens is 334 g/mol. The number of carbonyl (C=O) groups excluding carboxylic acids is 1. The summed E-state index contributed by atoms with van der Waals surface area (Å²) in [6, 6.07) is 5.37. The third kappa shape index (κ3) is 4.48. The molecule has 1 aromatic carbocycles. The minimum atomic E-state index is -1.04. The standard InChI is InChI=1S/C15H17N3O5S/c1-3-23-13-9(5-4-6-10(13)22-2)8-16-18-15-17-14(21)11(24-15)7-12(19)20/h4-6,8,11H,3,7H2,1-2H3,(H,19,20)(H,17,18,21). The minimum Gasteiger partial charge on any atom is -0.493 e. The lowest BCUT2D eigenvalue weighted by Gasteiger charge is -2.11. The van der Waals surface area contributed by atoms with Gasteiger partial charge in [0.15, 0.2) is 16.7 Å². The number of benzene rings is 1. The van der Waals surface area contributed by atoms with Crippen LogP contribution in [-0.4, -0.2) is 47.3 Å². The number of amides is 1. The Kier molecular flexibility index (Phi) is 6.19. The number of nitrogens with one attached hydrogen (secondary N) is 1. The highest BCUT2D eigenvalue weighted by Gasteiger charge is 2.32. The number of aliphatic carboxylic acids is 1. The summed E-state index contributed by atoms with van der Waals surface area (Å²) in [5.74, 6) is -0.283. The molecule has 0 spiro atoms. The molecule has 8 nitrogen and oxygen atoms in total. The number of carbonyl (C=O) groups is 2. The van der Waals surface area contributed by atoms with Gasteiger partial charge in [0.05, 0.1) is 26.4 Å². The van der Waals surface area contributed by atoms with Gasteiger partial charge in [-0.05, 0) is 19.1 Å². The van der Waals surface area contributed by atoms with E-state index in [-0.39, 0.29) is 17.5 Å². The molecule has 2 N–H and O–H groups in total. The summed E-state index contributed by atoms with van der Waals surface area (Å²) < 4.78 is 10.8. The molecule has 0 radical (unpaired) electrons. The molecule has 0 aromatic heterocycles.